The van der Waals surface area contributed by atoms with Gasteiger partial charge < -0.3 is 54.1 Å². The summed E-state index contributed by atoms with van der Waals surface area (Å²) in [5.74, 6) is -4.87. The Kier molecular flexibility index (Phi) is 12.5. The topological polar surface area (TPSA) is 294 Å². The average molecular weight is 638 g/mol. The molecule has 0 bridgehead atoms. The number of phenolic OH excluding ortho intramolecular Hbond substituents is 1. The van der Waals surface area contributed by atoms with Gasteiger partial charge in [0.15, 0.2) is 5.96 Å². The van der Waals surface area contributed by atoms with Crippen molar-refractivity contribution in [1.29, 1.82) is 0 Å². The van der Waals surface area contributed by atoms with Crippen molar-refractivity contribution in [2.24, 2.45) is 27.9 Å². The molecule has 4 unspecified atom stereocenters. The van der Waals surface area contributed by atoms with Crippen LogP contribution in [0.2, 0.25) is 0 Å². The molecule has 0 spiro atoms. The highest BCUT2D eigenvalue weighted by Crippen LogP contribution is 2.19. The summed E-state index contributed by atoms with van der Waals surface area (Å²) in [5, 5.41) is 27.5. The number of aliphatic carboxylic acids is 1. The van der Waals surface area contributed by atoms with Gasteiger partial charge in [0.25, 0.3) is 0 Å². The molecule has 3 rings (SSSR count). The number of rotatable bonds is 17. The standard InChI is InChI=1S/C30H39N9O7/c31-20(12-16-7-9-18(40)10-8-16)26(42)38-23(14-25(32)41)28(44)37-22(6-3-11-35-30(33)34)27(43)39-24(29(45)46)13-17-15-36-21-5-2-1-4-19(17)21/h1-2,4-5,7-10,15,20,22-24,36,40H,3,6,11-14,31H2,(H2,32,41)(H,37,44)(H,38,42)(H,39,43)(H,45,46)(H4,33,34,35). The van der Waals surface area contributed by atoms with Gasteiger partial charge in [0, 0.05) is 30.1 Å². The number of aromatic nitrogens is 1. The third-order valence-electron chi connectivity index (χ3n) is 7.06. The Morgan fingerprint density at radius 3 is 2.11 bits per heavy atom. The van der Waals surface area contributed by atoms with Crippen LogP contribution in [0, 0.1) is 0 Å². The molecule has 46 heavy (non-hydrogen) atoms. The van der Waals surface area contributed by atoms with Crippen molar-refractivity contribution in [1.82, 2.24) is 20.9 Å². The third kappa shape index (κ3) is 10.5. The summed E-state index contributed by atoms with van der Waals surface area (Å²) in [7, 11) is 0. The molecule has 1 aromatic heterocycles. The molecule has 0 aliphatic heterocycles. The number of aromatic amines is 1. The second kappa shape index (κ2) is 16.4. The number of para-hydroxylation sites is 1. The van der Waals surface area contributed by atoms with Crippen LogP contribution in [0.5, 0.6) is 5.75 Å². The number of hydrogen-bond donors (Lipinski definition) is 10. The quantitative estimate of drug-likeness (QED) is 0.0462. The SMILES string of the molecule is NC(=O)CC(NC(=O)C(N)Cc1ccc(O)cc1)C(=O)NC(CCCN=C(N)N)C(=O)NC(Cc1c[nH]c2ccccc12)C(=O)O. The van der Waals surface area contributed by atoms with E-state index in [1.165, 1.54) is 12.1 Å². The Balaban J connectivity index is 1.75. The fraction of sp³-hybridized carbons (Fsp3) is 0.333. The monoisotopic (exact) mass is 637 g/mol. The minimum atomic E-state index is -1.50. The van der Waals surface area contributed by atoms with Crippen molar-refractivity contribution in [2.45, 2.75) is 56.3 Å². The smallest absolute Gasteiger partial charge is 0.326 e. The molecule has 4 atom stereocenters. The molecule has 0 saturated carbocycles. The maximum Gasteiger partial charge on any atom is 0.326 e. The summed E-state index contributed by atoms with van der Waals surface area (Å²) in [5.41, 5.74) is 24.2. The largest absolute Gasteiger partial charge is 0.508 e. The number of H-pyrrole nitrogens is 1. The maximum absolute atomic E-state index is 13.4. The zero-order valence-corrected chi connectivity index (χ0v) is 24.9. The van der Waals surface area contributed by atoms with Crippen LogP contribution >= 0.6 is 0 Å². The number of amides is 4. The van der Waals surface area contributed by atoms with E-state index in [1.54, 1.807) is 24.4 Å². The number of fused-ring (bicyclic) bond motifs is 1. The molecule has 246 valence electrons. The Bertz CT molecular complexity index is 1570. The van der Waals surface area contributed by atoms with Gasteiger partial charge >= 0.3 is 5.97 Å². The van der Waals surface area contributed by atoms with Crippen LogP contribution in [0.1, 0.15) is 30.4 Å². The van der Waals surface area contributed by atoms with E-state index in [0.717, 1.165) is 10.9 Å². The highest BCUT2D eigenvalue weighted by Gasteiger charge is 2.31. The number of carboxylic acids is 1. The van der Waals surface area contributed by atoms with Crippen LogP contribution in [0.3, 0.4) is 0 Å². The van der Waals surface area contributed by atoms with Crippen LogP contribution in [0.4, 0.5) is 0 Å². The van der Waals surface area contributed by atoms with Crippen LogP contribution in [0.25, 0.3) is 10.9 Å². The van der Waals surface area contributed by atoms with Crippen LogP contribution in [-0.4, -0.2) is 81.5 Å². The maximum atomic E-state index is 13.4. The molecule has 0 saturated heterocycles. The normalized spacial score (nSPS) is 13.5. The Morgan fingerprint density at radius 1 is 0.826 bits per heavy atom. The molecule has 0 fully saturated rings. The number of primary amides is 1. The molecular formula is C30H39N9O7. The molecule has 1 heterocycles. The van der Waals surface area contributed by atoms with E-state index in [0.29, 0.717) is 11.1 Å². The first-order valence-electron chi connectivity index (χ1n) is 14.4. The fourth-order valence-electron chi connectivity index (χ4n) is 4.71. The fourth-order valence-corrected chi connectivity index (χ4v) is 4.71. The molecule has 0 aliphatic rings. The summed E-state index contributed by atoms with van der Waals surface area (Å²) in [6.45, 7) is 0.104. The average Bonchev–Trinajstić information content (AvgIpc) is 3.41. The summed E-state index contributed by atoms with van der Waals surface area (Å²) in [4.78, 5) is 70.5. The second-order valence-corrected chi connectivity index (χ2v) is 10.7. The van der Waals surface area contributed by atoms with Crippen molar-refractivity contribution in [3.05, 3.63) is 65.9 Å². The highest BCUT2D eigenvalue weighted by atomic mass is 16.4. The Labute approximate surface area is 264 Å². The lowest BCUT2D eigenvalue weighted by atomic mass is 10.0. The number of phenols is 1. The van der Waals surface area contributed by atoms with Gasteiger partial charge in [0.2, 0.25) is 23.6 Å². The van der Waals surface area contributed by atoms with Gasteiger partial charge in [-0.05, 0) is 48.6 Å². The van der Waals surface area contributed by atoms with Gasteiger partial charge in [-0.25, -0.2) is 4.79 Å². The number of nitrogens with zero attached hydrogens (tertiary/aromatic N) is 1. The van der Waals surface area contributed by atoms with E-state index >= 15 is 0 Å². The molecule has 0 aliphatic carbocycles. The second-order valence-electron chi connectivity index (χ2n) is 10.7. The van der Waals surface area contributed by atoms with Crippen molar-refractivity contribution < 1.29 is 34.2 Å². The van der Waals surface area contributed by atoms with E-state index in [1.807, 2.05) is 18.2 Å². The molecule has 3 aromatic rings. The number of benzene rings is 2. The van der Waals surface area contributed by atoms with Gasteiger partial charge in [-0.15, -0.1) is 0 Å². The van der Waals surface area contributed by atoms with Crippen LogP contribution in [-0.2, 0) is 36.8 Å². The number of aliphatic imine (C=N–C) groups is 1. The molecule has 0 radical (unpaired) electrons. The Hall–Kier alpha value is -5.64. The van der Waals surface area contributed by atoms with Crippen LogP contribution < -0.4 is 38.9 Å². The van der Waals surface area contributed by atoms with Crippen LogP contribution in [0.15, 0.2) is 59.7 Å². The number of hydrogen-bond acceptors (Lipinski definition) is 8. The van der Waals surface area contributed by atoms with Gasteiger partial charge in [-0.1, -0.05) is 30.3 Å². The predicted molar refractivity (Wildman–Crippen MR) is 169 cm³/mol. The minimum Gasteiger partial charge on any atom is -0.508 e. The van der Waals surface area contributed by atoms with Crippen molar-refractivity contribution >= 4 is 46.5 Å². The van der Waals surface area contributed by atoms with E-state index < -0.39 is 60.2 Å². The highest BCUT2D eigenvalue weighted by molar-refractivity contribution is 5.96. The van der Waals surface area contributed by atoms with Gasteiger partial charge in [0.1, 0.15) is 23.9 Å². The zero-order chi connectivity index (χ0) is 33.8. The molecular weight excluding hydrogens is 598 g/mol. The van der Waals surface area contributed by atoms with Crippen molar-refractivity contribution in [3.63, 3.8) is 0 Å². The van der Waals surface area contributed by atoms with E-state index in [4.69, 9.17) is 22.9 Å². The molecule has 2 aromatic carbocycles. The number of carbonyl (C=O) groups excluding carboxylic acids is 4. The molecule has 16 heteroatoms. The molecule has 14 N–H and O–H groups in total. The summed E-state index contributed by atoms with van der Waals surface area (Å²) < 4.78 is 0. The summed E-state index contributed by atoms with van der Waals surface area (Å²) >= 11 is 0. The number of nitrogens with one attached hydrogen (secondary N) is 4. The molecule has 4 amide bonds. The third-order valence-corrected chi connectivity index (χ3v) is 7.06. The number of guanidine groups is 1. The van der Waals surface area contributed by atoms with E-state index in [-0.39, 0.29) is 43.9 Å². The number of aromatic hydroxyl groups is 1. The van der Waals surface area contributed by atoms with E-state index in [2.05, 4.69) is 25.9 Å². The predicted octanol–water partition coefficient (Wildman–Crippen LogP) is -1.55. The molecule has 16 nitrogen and oxygen atoms in total. The lowest BCUT2D eigenvalue weighted by molar-refractivity contribution is -0.142. The van der Waals surface area contributed by atoms with E-state index in [9.17, 15) is 34.2 Å². The van der Waals surface area contributed by atoms with Gasteiger partial charge in [-0.3, -0.25) is 24.2 Å². The number of carboxylic acid groups (broad SMARTS) is 1. The minimum absolute atomic E-state index is 0.0224. The first-order valence-corrected chi connectivity index (χ1v) is 14.4. The first-order chi connectivity index (χ1) is 21.8. The first kappa shape index (κ1) is 34.8. The lowest BCUT2D eigenvalue weighted by Gasteiger charge is -2.25. The number of carbonyl (C=O) groups is 5. The zero-order valence-electron chi connectivity index (χ0n) is 24.9. The summed E-state index contributed by atoms with van der Waals surface area (Å²) in [6, 6.07) is 7.99. The Morgan fingerprint density at radius 2 is 1.46 bits per heavy atom. The van der Waals surface area contributed by atoms with Crippen molar-refractivity contribution in [3.8, 4) is 5.75 Å². The van der Waals surface area contributed by atoms with Gasteiger partial charge in [-0.2, -0.15) is 0 Å². The van der Waals surface area contributed by atoms with Gasteiger partial charge in [0.05, 0.1) is 12.5 Å². The number of nitrogens with two attached hydrogens (primary N) is 4. The van der Waals surface area contributed by atoms with Crippen molar-refractivity contribution in [2.75, 3.05) is 6.54 Å². The summed E-state index contributed by atoms with van der Waals surface area (Å²) in [6.07, 6.45) is 1.24. The lowest BCUT2D eigenvalue weighted by Crippen LogP contribution is -2.58.